The molecule has 7 nitrogen and oxygen atoms in total. The number of piperazine rings is 1. The molecule has 1 N–H and O–H groups in total. The van der Waals surface area contributed by atoms with Crippen LogP contribution in [0.15, 0.2) is 18.2 Å². The lowest BCUT2D eigenvalue weighted by molar-refractivity contribution is -0.130. The molecule has 1 aromatic rings. The van der Waals surface area contributed by atoms with Crippen LogP contribution in [0.3, 0.4) is 0 Å². The summed E-state index contributed by atoms with van der Waals surface area (Å²) in [6.45, 7) is 3.69. The Morgan fingerprint density at radius 1 is 1.26 bits per heavy atom. The molecule has 0 atom stereocenters. The van der Waals surface area contributed by atoms with E-state index in [2.05, 4.69) is 5.32 Å². The summed E-state index contributed by atoms with van der Waals surface area (Å²) in [5.41, 5.74) is 1.88. The maximum Gasteiger partial charge on any atom is 0.241 e. The summed E-state index contributed by atoms with van der Waals surface area (Å²) in [6, 6.07) is 5.62. The van der Waals surface area contributed by atoms with Gasteiger partial charge in [-0.05, 0) is 30.7 Å². The summed E-state index contributed by atoms with van der Waals surface area (Å²) >= 11 is 0. The standard InChI is InChI=1S/C15H23N3O4S/c1-12-10-13(22-2)4-5-14(12)16-11-15(19)17-6-8-18(9-7-17)23(3,20)21/h4-5,10,16H,6-9,11H2,1-3H3. The minimum Gasteiger partial charge on any atom is -0.497 e. The van der Waals surface area contributed by atoms with Crippen molar-refractivity contribution in [2.24, 2.45) is 0 Å². The fourth-order valence-corrected chi connectivity index (χ4v) is 3.34. The SMILES string of the molecule is COc1ccc(NCC(=O)N2CCN(S(C)(=O)=O)CC2)c(C)c1. The quantitative estimate of drug-likeness (QED) is 0.845. The van der Waals surface area contributed by atoms with Crippen LogP contribution >= 0.6 is 0 Å². The number of aryl methyl sites for hydroxylation is 1. The number of methoxy groups -OCH3 is 1. The van der Waals surface area contributed by atoms with E-state index in [0.717, 1.165) is 17.0 Å². The van der Waals surface area contributed by atoms with Crippen molar-refractivity contribution < 1.29 is 17.9 Å². The van der Waals surface area contributed by atoms with Gasteiger partial charge in [-0.15, -0.1) is 0 Å². The zero-order chi connectivity index (χ0) is 17.0. The van der Waals surface area contributed by atoms with E-state index in [0.29, 0.717) is 26.2 Å². The maximum absolute atomic E-state index is 12.2. The number of benzene rings is 1. The topological polar surface area (TPSA) is 79.0 Å². The van der Waals surface area contributed by atoms with Gasteiger partial charge in [-0.25, -0.2) is 8.42 Å². The number of ether oxygens (including phenoxy) is 1. The second kappa shape index (κ2) is 7.18. The minimum atomic E-state index is -3.17. The first-order chi connectivity index (χ1) is 10.8. The van der Waals surface area contributed by atoms with Gasteiger partial charge in [0.25, 0.3) is 0 Å². The Bertz CT molecular complexity index is 667. The van der Waals surface area contributed by atoms with E-state index in [9.17, 15) is 13.2 Å². The number of rotatable bonds is 5. The highest BCUT2D eigenvalue weighted by Gasteiger charge is 2.25. The Balaban J connectivity index is 1.86. The average molecular weight is 341 g/mol. The predicted octanol–water partition coefficient (Wildman–Crippen LogP) is 0.519. The van der Waals surface area contributed by atoms with Crippen molar-refractivity contribution >= 4 is 21.6 Å². The normalized spacial score (nSPS) is 16.2. The molecule has 0 radical (unpaired) electrons. The van der Waals surface area contributed by atoms with Gasteiger partial charge in [-0.3, -0.25) is 4.79 Å². The molecule has 0 unspecified atom stereocenters. The molecule has 1 heterocycles. The lowest BCUT2D eigenvalue weighted by Gasteiger charge is -2.33. The molecule has 2 rings (SSSR count). The van der Waals surface area contributed by atoms with Gasteiger partial charge in [0.2, 0.25) is 15.9 Å². The zero-order valence-electron chi connectivity index (χ0n) is 13.7. The van der Waals surface area contributed by atoms with Gasteiger partial charge in [0.1, 0.15) is 5.75 Å². The van der Waals surface area contributed by atoms with Crippen molar-refractivity contribution in [3.8, 4) is 5.75 Å². The van der Waals surface area contributed by atoms with E-state index >= 15 is 0 Å². The Labute approximate surface area is 137 Å². The lowest BCUT2D eigenvalue weighted by atomic mass is 10.2. The van der Waals surface area contributed by atoms with Crippen molar-refractivity contribution in [1.82, 2.24) is 9.21 Å². The summed E-state index contributed by atoms with van der Waals surface area (Å²) in [4.78, 5) is 13.9. The molecule has 0 bridgehead atoms. The molecule has 0 saturated carbocycles. The number of sulfonamides is 1. The summed E-state index contributed by atoms with van der Waals surface area (Å²) < 4.78 is 29.5. The van der Waals surface area contributed by atoms with E-state index in [-0.39, 0.29) is 12.5 Å². The van der Waals surface area contributed by atoms with E-state index in [4.69, 9.17) is 4.74 Å². The molecule has 1 amide bonds. The van der Waals surface area contributed by atoms with E-state index < -0.39 is 10.0 Å². The van der Waals surface area contributed by atoms with Gasteiger partial charge in [0.15, 0.2) is 0 Å². The zero-order valence-corrected chi connectivity index (χ0v) is 14.5. The summed E-state index contributed by atoms with van der Waals surface area (Å²) in [7, 11) is -1.56. The first-order valence-electron chi connectivity index (χ1n) is 7.42. The van der Waals surface area contributed by atoms with Crippen LogP contribution < -0.4 is 10.1 Å². The number of carbonyl (C=O) groups is 1. The first-order valence-corrected chi connectivity index (χ1v) is 9.27. The molecule has 8 heteroatoms. The van der Waals surface area contributed by atoms with E-state index in [1.165, 1.54) is 10.6 Å². The van der Waals surface area contributed by atoms with Gasteiger partial charge in [0, 0.05) is 31.9 Å². The molecule has 1 aliphatic heterocycles. The summed E-state index contributed by atoms with van der Waals surface area (Å²) in [5, 5.41) is 3.12. The minimum absolute atomic E-state index is 0.0339. The van der Waals surface area contributed by atoms with Crippen molar-refractivity contribution in [1.29, 1.82) is 0 Å². The molecule has 0 aromatic heterocycles. The van der Waals surface area contributed by atoms with Gasteiger partial charge < -0.3 is 15.0 Å². The van der Waals surface area contributed by atoms with Crippen LogP contribution in [0.25, 0.3) is 0 Å². The van der Waals surface area contributed by atoms with Gasteiger partial charge in [0.05, 0.1) is 19.9 Å². The third-order valence-electron chi connectivity index (χ3n) is 3.92. The van der Waals surface area contributed by atoms with Crippen LogP contribution in [0.2, 0.25) is 0 Å². The number of hydrogen-bond donors (Lipinski definition) is 1. The third kappa shape index (κ3) is 4.59. The van der Waals surface area contributed by atoms with Crippen molar-refractivity contribution in [2.45, 2.75) is 6.92 Å². The van der Waals surface area contributed by atoms with E-state index in [1.807, 2.05) is 25.1 Å². The summed E-state index contributed by atoms with van der Waals surface area (Å²) in [6.07, 6.45) is 1.19. The molecule has 1 aliphatic rings. The van der Waals surface area contributed by atoms with Crippen LogP contribution in [-0.2, 0) is 14.8 Å². The summed E-state index contributed by atoms with van der Waals surface area (Å²) in [5.74, 6) is 0.740. The Morgan fingerprint density at radius 3 is 2.43 bits per heavy atom. The lowest BCUT2D eigenvalue weighted by Crippen LogP contribution is -2.51. The number of carbonyl (C=O) groups excluding carboxylic acids is 1. The molecule has 0 spiro atoms. The number of amides is 1. The van der Waals surface area contributed by atoms with Crippen LogP contribution in [0.4, 0.5) is 5.69 Å². The van der Waals surface area contributed by atoms with Crippen LogP contribution in [0.5, 0.6) is 5.75 Å². The van der Waals surface area contributed by atoms with Crippen LogP contribution in [0, 0.1) is 6.92 Å². The highest BCUT2D eigenvalue weighted by molar-refractivity contribution is 7.88. The molecule has 128 valence electrons. The largest absolute Gasteiger partial charge is 0.497 e. The molecule has 1 saturated heterocycles. The van der Waals surface area contributed by atoms with Gasteiger partial charge in [-0.1, -0.05) is 0 Å². The average Bonchev–Trinajstić information content (AvgIpc) is 2.52. The monoisotopic (exact) mass is 341 g/mol. The number of nitrogens with zero attached hydrogens (tertiary/aromatic N) is 2. The number of nitrogens with one attached hydrogen (secondary N) is 1. The van der Waals surface area contributed by atoms with Crippen molar-refractivity contribution in [3.63, 3.8) is 0 Å². The Kier molecular flexibility index (Phi) is 5.48. The smallest absolute Gasteiger partial charge is 0.241 e. The Morgan fingerprint density at radius 2 is 1.91 bits per heavy atom. The maximum atomic E-state index is 12.2. The number of anilines is 1. The van der Waals surface area contributed by atoms with Gasteiger partial charge >= 0.3 is 0 Å². The highest BCUT2D eigenvalue weighted by atomic mass is 32.2. The molecule has 1 aromatic carbocycles. The molecule has 0 aliphatic carbocycles. The second-order valence-corrected chi connectivity index (χ2v) is 7.56. The van der Waals surface area contributed by atoms with Crippen LogP contribution in [-0.4, -0.2) is 69.6 Å². The second-order valence-electron chi connectivity index (χ2n) is 5.58. The molecular formula is C15H23N3O4S. The fraction of sp³-hybridized carbons (Fsp3) is 0.533. The van der Waals surface area contributed by atoms with Gasteiger partial charge in [-0.2, -0.15) is 4.31 Å². The third-order valence-corrected chi connectivity index (χ3v) is 5.23. The van der Waals surface area contributed by atoms with Crippen molar-refractivity contribution in [2.75, 3.05) is 51.4 Å². The van der Waals surface area contributed by atoms with E-state index in [1.54, 1.807) is 12.0 Å². The van der Waals surface area contributed by atoms with Crippen LogP contribution in [0.1, 0.15) is 5.56 Å². The fourth-order valence-electron chi connectivity index (χ4n) is 2.51. The molecular weight excluding hydrogens is 318 g/mol. The highest BCUT2D eigenvalue weighted by Crippen LogP contribution is 2.20. The molecule has 23 heavy (non-hydrogen) atoms. The Hall–Kier alpha value is -1.80. The number of hydrogen-bond acceptors (Lipinski definition) is 5. The predicted molar refractivity (Wildman–Crippen MR) is 89.2 cm³/mol. The molecule has 1 fully saturated rings. The first kappa shape index (κ1) is 17.6. The van der Waals surface area contributed by atoms with Crippen molar-refractivity contribution in [3.05, 3.63) is 23.8 Å².